The van der Waals surface area contributed by atoms with Gasteiger partial charge >= 0.3 is 12.1 Å². The lowest BCUT2D eigenvalue weighted by atomic mass is 9.94. The third-order valence-electron chi connectivity index (χ3n) is 4.28. The zero-order valence-electron chi connectivity index (χ0n) is 13.3. The van der Waals surface area contributed by atoms with Crippen LogP contribution in [0.15, 0.2) is 0 Å². The number of likely N-dealkylation sites (tertiary alicyclic amines) is 1. The Morgan fingerprint density at radius 3 is 2.38 bits per heavy atom. The Balaban J connectivity index is 2.14. The van der Waals surface area contributed by atoms with Crippen molar-refractivity contribution in [2.45, 2.75) is 64.3 Å². The van der Waals surface area contributed by atoms with Crippen LogP contribution in [0.25, 0.3) is 0 Å². The minimum absolute atomic E-state index is 0.184. The number of carbonyl (C=O) groups excluding carboxylic acids is 1. The highest BCUT2D eigenvalue weighted by atomic mass is 16.6. The van der Waals surface area contributed by atoms with Gasteiger partial charge in [0.05, 0.1) is 18.1 Å². The molecule has 2 rings (SSSR count). The van der Waals surface area contributed by atoms with Crippen LogP contribution in [0.5, 0.6) is 0 Å². The second kappa shape index (κ2) is 5.48. The maximum atomic E-state index is 12.4. The van der Waals surface area contributed by atoms with Crippen LogP contribution in [0.1, 0.15) is 40.5 Å². The molecule has 0 bridgehead atoms. The Morgan fingerprint density at radius 1 is 1.29 bits per heavy atom. The molecule has 0 aromatic heterocycles. The SMILES string of the molecule is COC(C(C)C(=O)O)[C@@H]1C[C@@H]2C[C@@H]2N1C(=O)OC(C)(C)C. The molecule has 5 atom stereocenters. The molecule has 2 unspecified atom stereocenters. The Bertz CT molecular complexity index is 430. The number of rotatable bonds is 4. The van der Waals surface area contributed by atoms with Crippen LogP contribution in [0.4, 0.5) is 4.79 Å². The molecule has 0 aromatic carbocycles. The van der Waals surface area contributed by atoms with E-state index in [1.807, 2.05) is 20.8 Å². The third-order valence-corrected chi connectivity index (χ3v) is 4.28. The highest BCUT2D eigenvalue weighted by Gasteiger charge is 2.58. The summed E-state index contributed by atoms with van der Waals surface area (Å²) in [5.74, 6) is -1.12. The summed E-state index contributed by atoms with van der Waals surface area (Å²) in [5.41, 5.74) is -0.560. The average molecular weight is 299 g/mol. The first-order valence-electron chi connectivity index (χ1n) is 7.42. The molecule has 120 valence electrons. The van der Waals surface area contributed by atoms with Gasteiger partial charge in [-0.15, -0.1) is 0 Å². The molecule has 1 saturated carbocycles. The van der Waals surface area contributed by atoms with E-state index in [2.05, 4.69) is 0 Å². The number of methoxy groups -OCH3 is 1. The van der Waals surface area contributed by atoms with Gasteiger partial charge < -0.3 is 14.6 Å². The molecule has 2 aliphatic rings. The number of ether oxygens (including phenoxy) is 2. The number of aliphatic carboxylic acids is 1. The van der Waals surface area contributed by atoms with Crippen LogP contribution < -0.4 is 0 Å². The summed E-state index contributed by atoms with van der Waals surface area (Å²) in [6, 6.07) is -0.0387. The van der Waals surface area contributed by atoms with Crippen LogP contribution in [-0.2, 0) is 14.3 Å². The Labute approximate surface area is 125 Å². The number of carboxylic acids is 1. The van der Waals surface area contributed by atoms with E-state index in [4.69, 9.17) is 9.47 Å². The second-order valence-corrected chi connectivity index (χ2v) is 7.08. The molecule has 0 radical (unpaired) electrons. The standard InChI is InChI=1S/C15H25NO5/c1-8(13(17)18)12(20-5)11-7-9-6-10(9)16(11)14(19)21-15(2,3)4/h8-12H,6-7H2,1-5H3,(H,17,18)/t8?,9-,10-,11-,12?/m0/s1. The Morgan fingerprint density at radius 2 is 1.90 bits per heavy atom. The highest BCUT2D eigenvalue weighted by molar-refractivity contribution is 5.72. The largest absolute Gasteiger partial charge is 0.481 e. The summed E-state index contributed by atoms with van der Waals surface area (Å²) in [4.78, 5) is 25.4. The third kappa shape index (κ3) is 3.31. The van der Waals surface area contributed by atoms with Gasteiger partial charge in [0.2, 0.25) is 0 Å². The van der Waals surface area contributed by atoms with Crippen molar-refractivity contribution in [1.82, 2.24) is 4.90 Å². The van der Waals surface area contributed by atoms with E-state index in [9.17, 15) is 14.7 Å². The lowest BCUT2D eigenvalue weighted by Crippen LogP contribution is -2.50. The summed E-state index contributed by atoms with van der Waals surface area (Å²) in [6.07, 6.45) is 0.896. The van der Waals surface area contributed by atoms with Crippen molar-refractivity contribution >= 4 is 12.1 Å². The number of piperidine rings is 1. The molecule has 1 N–H and O–H groups in total. The summed E-state index contributed by atoms with van der Waals surface area (Å²) in [5, 5.41) is 9.22. The smallest absolute Gasteiger partial charge is 0.410 e. The lowest BCUT2D eigenvalue weighted by molar-refractivity contribution is -0.148. The quantitative estimate of drug-likeness (QED) is 0.860. The van der Waals surface area contributed by atoms with E-state index in [0.717, 1.165) is 12.8 Å². The molecule has 1 aliphatic carbocycles. The maximum absolute atomic E-state index is 12.4. The number of fused-ring (bicyclic) bond motifs is 1. The molecule has 6 heteroatoms. The molecule has 1 saturated heterocycles. The summed E-state index contributed by atoms with van der Waals surface area (Å²) in [7, 11) is 1.50. The zero-order valence-corrected chi connectivity index (χ0v) is 13.3. The van der Waals surface area contributed by atoms with Crippen LogP contribution in [0.2, 0.25) is 0 Å². The predicted octanol–water partition coefficient (Wildman–Crippen LogP) is 2.12. The van der Waals surface area contributed by atoms with Crippen molar-refractivity contribution in [1.29, 1.82) is 0 Å². The number of hydrogen-bond donors (Lipinski definition) is 1. The number of nitrogens with zero attached hydrogens (tertiary/aromatic N) is 1. The van der Waals surface area contributed by atoms with Gasteiger partial charge in [-0.3, -0.25) is 9.69 Å². The van der Waals surface area contributed by atoms with Gasteiger partial charge in [0.1, 0.15) is 5.60 Å². The first kappa shape index (κ1) is 16.1. The second-order valence-electron chi connectivity index (χ2n) is 7.08. The van der Waals surface area contributed by atoms with Crippen LogP contribution in [0.3, 0.4) is 0 Å². The first-order valence-corrected chi connectivity index (χ1v) is 7.42. The van der Waals surface area contributed by atoms with E-state index in [1.165, 1.54) is 7.11 Å². The monoisotopic (exact) mass is 299 g/mol. The van der Waals surface area contributed by atoms with Gasteiger partial charge in [0, 0.05) is 13.2 Å². The summed E-state index contributed by atoms with van der Waals surface area (Å²) >= 11 is 0. The molecule has 2 fully saturated rings. The topological polar surface area (TPSA) is 76.1 Å². The van der Waals surface area contributed by atoms with Crippen LogP contribution in [-0.4, -0.2) is 53.0 Å². The van der Waals surface area contributed by atoms with Crippen LogP contribution in [0, 0.1) is 11.8 Å². The van der Waals surface area contributed by atoms with Gasteiger partial charge in [0.15, 0.2) is 0 Å². The van der Waals surface area contributed by atoms with Crippen molar-refractivity contribution in [3.8, 4) is 0 Å². The van der Waals surface area contributed by atoms with Gasteiger partial charge in [-0.1, -0.05) is 0 Å². The normalized spacial score (nSPS) is 30.5. The van der Waals surface area contributed by atoms with Crippen molar-refractivity contribution in [2.75, 3.05) is 7.11 Å². The maximum Gasteiger partial charge on any atom is 0.410 e. The van der Waals surface area contributed by atoms with Gasteiger partial charge in [-0.2, -0.15) is 0 Å². The minimum atomic E-state index is -0.911. The summed E-state index contributed by atoms with van der Waals surface area (Å²) in [6.45, 7) is 7.10. The van der Waals surface area contributed by atoms with Crippen molar-refractivity contribution in [3.63, 3.8) is 0 Å². The van der Waals surface area contributed by atoms with Crippen molar-refractivity contribution in [2.24, 2.45) is 11.8 Å². The molecule has 21 heavy (non-hydrogen) atoms. The van der Waals surface area contributed by atoms with Crippen molar-refractivity contribution < 1.29 is 24.2 Å². The van der Waals surface area contributed by atoms with E-state index in [1.54, 1.807) is 11.8 Å². The highest BCUT2D eigenvalue weighted by Crippen LogP contribution is 2.50. The molecule has 0 spiro atoms. The van der Waals surface area contributed by atoms with Crippen molar-refractivity contribution in [3.05, 3.63) is 0 Å². The van der Waals surface area contributed by atoms with Gasteiger partial charge in [-0.05, 0) is 46.5 Å². The average Bonchev–Trinajstić information content (AvgIpc) is 2.98. The lowest BCUT2D eigenvalue weighted by Gasteiger charge is -2.35. The van der Waals surface area contributed by atoms with Crippen LogP contribution >= 0.6 is 0 Å². The zero-order chi connectivity index (χ0) is 15.9. The summed E-state index contributed by atoms with van der Waals surface area (Å²) < 4.78 is 10.9. The molecule has 1 aliphatic heterocycles. The van der Waals surface area contributed by atoms with E-state index >= 15 is 0 Å². The fourth-order valence-electron chi connectivity index (χ4n) is 3.21. The molecule has 1 amide bonds. The van der Waals surface area contributed by atoms with Gasteiger partial charge in [0.25, 0.3) is 0 Å². The fraction of sp³-hybridized carbons (Fsp3) is 0.867. The van der Waals surface area contributed by atoms with Gasteiger partial charge in [-0.25, -0.2) is 4.79 Å². The molecular weight excluding hydrogens is 274 g/mol. The number of hydrogen-bond acceptors (Lipinski definition) is 4. The minimum Gasteiger partial charge on any atom is -0.481 e. The molecular formula is C15H25NO5. The molecule has 6 nitrogen and oxygen atoms in total. The van der Waals surface area contributed by atoms with E-state index in [-0.39, 0.29) is 18.2 Å². The number of carbonyl (C=O) groups is 2. The fourth-order valence-corrected chi connectivity index (χ4v) is 3.21. The van der Waals surface area contributed by atoms with E-state index < -0.39 is 23.6 Å². The predicted molar refractivity (Wildman–Crippen MR) is 76.0 cm³/mol. The first-order chi connectivity index (χ1) is 9.65. The Hall–Kier alpha value is -1.30. The molecule has 0 aromatic rings. The molecule has 1 heterocycles. The van der Waals surface area contributed by atoms with E-state index in [0.29, 0.717) is 5.92 Å². The Kier molecular flexibility index (Phi) is 4.19. The number of amides is 1. The number of carboxylic acid groups (broad SMARTS) is 1.